The Morgan fingerprint density at radius 2 is 1.91 bits per heavy atom. The summed E-state index contributed by atoms with van der Waals surface area (Å²) in [5, 5.41) is 0. The molecule has 1 aromatic rings. The van der Waals surface area contributed by atoms with Crippen molar-refractivity contribution in [3.8, 4) is 0 Å². The molecule has 0 N–H and O–H groups in total. The van der Waals surface area contributed by atoms with Gasteiger partial charge >= 0.3 is 0 Å². The first kappa shape index (κ1) is 18.2. The molecule has 0 aliphatic carbocycles. The number of hydrogen-bond donors (Lipinski definition) is 0. The minimum absolute atomic E-state index is 0.0957. The van der Waals surface area contributed by atoms with Crippen molar-refractivity contribution in [3.63, 3.8) is 0 Å². The van der Waals surface area contributed by atoms with Gasteiger partial charge in [0.1, 0.15) is 5.82 Å². The molecule has 2 rings (SSSR count). The van der Waals surface area contributed by atoms with Crippen LogP contribution in [-0.2, 0) is 11.2 Å². The summed E-state index contributed by atoms with van der Waals surface area (Å²) >= 11 is 0. The summed E-state index contributed by atoms with van der Waals surface area (Å²) in [7, 11) is 5.89. The number of piperazine rings is 1. The third-order valence-electron chi connectivity index (χ3n) is 4.40. The van der Waals surface area contributed by atoms with E-state index in [1.807, 2.05) is 12.1 Å². The molecular formula is C18H30FN3O. The van der Waals surface area contributed by atoms with E-state index >= 15 is 0 Å². The number of methoxy groups -OCH3 is 1. The van der Waals surface area contributed by atoms with Crippen LogP contribution in [0.2, 0.25) is 0 Å². The maximum Gasteiger partial charge on any atom is 0.146 e. The Labute approximate surface area is 139 Å². The van der Waals surface area contributed by atoms with Crippen LogP contribution in [0.3, 0.4) is 0 Å². The number of likely N-dealkylation sites (N-methyl/N-ethyl adjacent to an activating group) is 1. The van der Waals surface area contributed by atoms with E-state index < -0.39 is 0 Å². The summed E-state index contributed by atoms with van der Waals surface area (Å²) in [6.07, 6.45) is 1.79. The Balaban J connectivity index is 1.85. The van der Waals surface area contributed by atoms with Gasteiger partial charge in [-0.2, -0.15) is 0 Å². The zero-order chi connectivity index (χ0) is 16.7. The van der Waals surface area contributed by atoms with Gasteiger partial charge in [0.05, 0.1) is 5.69 Å². The second-order valence-corrected chi connectivity index (χ2v) is 6.51. The molecule has 0 radical (unpaired) electrons. The van der Waals surface area contributed by atoms with Gasteiger partial charge in [0.25, 0.3) is 0 Å². The summed E-state index contributed by atoms with van der Waals surface area (Å²) in [5.41, 5.74) is 1.79. The van der Waals surface area contributed by atoms with Crippen LogP contribution in [0.25, 0.3) is 0 Å². The zero-order valence-corrected chi connectivity index (χ0v) is 14.7. The highest BCUT2D eigenvalue weighted by Crippen LogP contribution is 2.22. The number of hydrogen-bond acceptors (Lipinski definition) is 4. The number of benzene rings is 1. The van der Waals surface area contributed by atoms with Gasteiger partial charge in [0.15, 0.2) is 0 Å². The van der Waals surface area contributed by atoms with E-state index in [1.165, 1.54) is 0 Å². The van der Waals surface area contributed by atoms with E-state index in [0.717, 1.165) is 70.0 Å². The molecule has 1 heterocycles. The maximum absolute atomic E-state index is 14.4. The molecule has 1 saturated heterocycles. The van der Waals surface area contributed by atoms with Crippen molar-refractivity contribution >= 4 is 5.69 Å². The zero-order valence-electron chi connectivity index (χ0n) is 14.7. The Hall–Kier alpha value is -1.17. The average molecular weight is 323 g/mol. The van der Waals surface area contributed by atoms with Gasteiger partial charge in [0, 0.05) is 53.0 Å². The van der Waals surface area contributed by atoms with E-state index in [-0.39, 0.29) is 5.82 Å². The van der Waals surface area contributed by atoms with Gasteiger partial charge < -0.3 is 14.5 Å². The minimum atomic E-state index is -0.0957. The fourth-order valence-electron chi connectivity index (χ4n) is 2.94. The molecule has 0 bridgehead atoms. The first-order valence-corrected chi connectivity index (χ1v) is 8.49. The standard InChI is InChI=1S/C18H30FN3O/c1-20(2)8-9-21-10-12-22(13-11-21)18-7-6-16(15-17(18)19)5-4-14-23-3/h6-7,15H,4-5,8-14H2,1-3H3. The van der Waals surface area contributed by atoms with E-state index in [4.69, 9.17) is 4.74 Å². The highest BCUT2D eigenvalue weighted by Gasteiger charge is 2.19. The van der Waals surface area contributed by atoms with Gasteiger partial charge in [-0.3, -0.25) is 4.90 Å². The van der Waals surface area contributed by atoms with Gasteiger partial charge in [-0.25, -0.2) is 4.39 Å². The first-order valence-electron chi connectivity index (χ1n) is 8.49. The van der Waals surface area contributed by atoms with E-state index in [0.29, 0.717) is 0 Å². The van der Waals surface area contributed by atoms with Crippen molar-refractivity contribution in [2.75, 3.05) is 72.0 Å². The predicted octanol–water partition coefficient (Wildman–Crippen LogP) is 2.09. The monoisotopic (exact) mass is 323 g/mol. The van der Waals surface area contributed by atoms with Gasteiger partial charge in [-0.1, -0.05) is 6.07 Å². The molecule has 4 nitrogen and oxygen atoms in total. The molecular weight excluding hydrogens is 293 g/mol. The largest absolute Gasteiger partial charge is 0.385 e. The SMILES string of the molecule is COCCCc1ccc(N2CCN(CCN(C)C)CC2)c(F)c1. The first-order chi connectivity index (χ1) is 11.1. The minimum Gasteiger partial charge on any atom is -0.385 e. The van der Waals surface area contributed by atoms with Gasteiger partial charge in [0.2, 0.25) is 0 Å². The smallest absolute Gasteiger partial charge is 0.146 e. The Morgan fingerprint density at radius 1 is 1.17 bits per heavy atom. The van der Waals surface area contributed by atoms with Crippen molar-refractivity contribution < 1.29 is 9.13 Å². The lowest BCUT2D eigenvalue weighted by Gasteiger charge is -2.36. The van der Waals surface area contributed by atoms with Gasteiger partial charge in [-0.15, -0.1) is 0 Å². The third kappa shape index (κ3) is 5.75. The lowest BCUT2D eigenvalue weighted by Crippen LogP contribution is -2.48. The summed E-state index contributed by atoms with van der Waals surface area (Å²) < 4.78 is 19.4. The molecule has 130 valence electrons. The average Bonchev–Trinajstić information content (AvgIpc) is 2.54. The van der Waals surface area contributed by atoms with Crippen LogP contribution in [0.1, 0.15) is 12.0 Å². The van der Waals surface area contributed by atoms with E-state index in [2.05, 4.69) is 28.8 Å². The topological polar surface area (TPSA) is 19.0 Å². The number of ether oxygens (including phenoxy) is 1. The van der Waals surface area contributed by atoms with E-state index in [1.54, 1.807) is 13.2 Å². The normalized spacial score (nSPS) is 16.3. The quantitative estimate of drug-likeness (QED) is 0.682. The number of aryl methyl sites for hydroxylation is 1. The maximum atomic E-state index is 14.4. The number of halogens is 1. The van der Waals surface area contributed by atoms with Crippen LogP contribution in [-0.4, -0.2) is 76.9 Å². The van der Waals surface area contributed by atoms with Gasteiger partial charge in [-0.05, 0) is 44.6 Å². The molecule has 0 spiro atoms. The molecule has 0 atom stereocenters. The number of anilines is 1. The molecule has 23 heavy (non-hydrogen) atoms. The Morgan fingerprint density at radius 3 is 2.52 bits per heavy atom. The second-order valence-electron chi connectivity index (χ2n) is 6.51. The second kappa shape index (κ2) is 9.21. The molecule has 0 saturated carbocycles. The summed E-state index contributed by atoms with van der Waals surface area (Å²) in [5.74, 6) is -0.0957. The van der Waals surface area contributed by atoms with Crippen LogP contribution in [0.5, 0.6) is 0 Å². The molecule has 1 aliphatic heterocycles. The molecule has 0 aromatic heterocycles. The van der Waals surface area contributed by atoms with Crippen molar-refractivity contribution in [1.82, 2.24) is 9.80 Å². The molecule has 0 unspecified atom stereocenters. The Bertz CT molecular complexity index is 473. The molecule has 1 aromatic carbocycles. The number of rotatable bonds is 8. The summed E-state index contributed by atoms with van der Waals surface area (Å²) in [6.45, 7) is 6.68. The van der Waals surface area contributed by atoms with Crippen molar-refractivity contribution in [3.05, 3.63) is 29.6 Å². The molecule has 0 amide bonds. The van der Waals surface area contributed by atoms with Crippen molar-refractivity contribution in [2.24, 2.45) is 0 Å². The highest BCUT2D eigenvalue weighted by atomic mass is 19.1. The lowest BCUT2D eigenvalue weighted by molar-refractivity contribution is 0.195. The summed E-state index contributed by atoms with van der Waals surface area (Å²) in [4.78, 5) is 6.82. The fraction of sp³-hybridized carbons (Fsp3) is 0.667. The van der Waals surface area contributed by atoms with Crippen LogP contribution in [0.15, 0.2) is 18.2 Å². The molecule has 5 heteroatoms. The third-order valence-corrected chi connectivity index (χ3v) is 4.40. The lowest BCUT2D eigenvalue weighted by atomic mass is 10.1. The van der Waals surface area contributed by atoms with Crippen LogP contribution < -0.4 is 4.90 Å². The van der Waals surface area contributed by atoms with E-state index in [9.17, 15) is 4.39 Å². The van der Waals surface area contributed by atoms with Crippen LogP contribution in [0, 0.1) is 5.82 Å². The Kier molecular flexibility index (Phi) is 7.27. The highest BCUT2D eigenvalue weighted by molar-refractivity contribution is 5.49. The molecule has 1 aliphatic rings. The van der Waals surface area contributed by atoms with Crippen LogP contribution >= 0.6 is 0 Å². The number of nitrogens with zero attached hydrogens (tertiary/aromatic N) is 3. The van der Waals surface area contributed by atoms with Crippen molar-refractivity contribution in [1.29, 1.82) is 0 Å². The van der Waals surface area contributed by atoms with Crippen molar-refractivity contribution in [2.45, 2.75) is 12.8 Å². The van der Waals surface area contributed by atoms with Crippen LogP contribution in [0.4, 0.5) is 10.1 Å². The summed E-state index contributed by atoms with van der Waals surface area (Å²) in [6, 6.07) is 5.67. The molecule has 1 fully saturated rings. The predicted molar refractivity (Wildman–Crippen MR) is 93.8 cm³/mol. The fourth-order valence-corrected chi connectivity index (χ4v) is 2.94.